The number of hydrogen-bond donors (Lipinski definition) is 3. The van der Waals surface area contributed by atoms with E-state index in [4.69, 9.17) is 4.52 Å². The highest BCUT2D eigenvalue weighted by Crippen LogP contribution is 2.25. The van der Waals surface area contributed by atoms with Gasteiger partial charge in [0.1, 0.15) is 0 Å². The van der Waals surface area contributed by atoms with Gasteiger partial charge in [0.25, 0.3) is 5.91 Å². The number of carbonyl (C=O) groups is 1. The maximum Gasteiger partial charge on any atom is 0.273 e. The molecule has 3 heterocycles. The van der Waals surface area contributed by atoms with Crippen LogP contribution in [-0.2, 0) is 0 Å². The fourth-order valence-electron chi connectivity index (χ4n) is 2.16. The van der Waals surface area contributed by atoms with E-state index >= 15 is 0 Å². The number of β-amino-alcohol motifs (C(OH)–C–C–N with tert-alkyl or cyclic N) is 1. The van der Waals surface area contributed by atoms with Gasteiger partial charge in [-0.15, -0.1) is 11.3 Å². The van der Waals surface area contributed by atoms with Crippen LogP contribution in [0.5, 0.6) is 0 Å². The molecule has 2 unspecified atom stereocenters. The summed E-state index contributed by atoms with van der Waals surface area (Å²) >= 11 is 1.53. The van der Waals surface area contributed by atoms with Crippen LogP contribution in [-0.4, -0.2) is 41.9 Å². The van der Waals surface area contributed by atoms with Crippen LogP contribution in [0.4, 0.5) is 0 Å². The predicted octanol–water partition coefficient (Wildman–Crippen LogP) is 0.713. The van der Waals surface area contributed by atoms with Crippen LogP contribution in [0.2, 0.25) is 0 Å². The van der Waals surface area contributed by atoms with Crippen molar-refractivity contribution in [2.45, 2.75) is 6.10 Å². The SMILES string of the molecule is O=C(NCC1CNCC1O)c1cc(-c2cccs2)on1. The van der Waals surface area contributed by atoms with Crippen molar-refractivity contribution in [3.8, 4) is 10.6 Å². The molecule has 0 aromatic carbocycles. The molecule has 2 atom stereocenters. The summed E-state index contributed by atoms with van der Waals surface area (Å²) in [5.41, 5.74) is 0.258. The summed E-state index contributed by atoms with van der Waals surface area (Å²) in [6.07, 6.45) is -0.408. The number of amides is 1. The van der Waals surface area contributed by atoms with Gasteiger partial charge in [-0.3, -0.25) is 4.79 Å². The zero-order chi connectivity index (χ0) is 13.9. The van der Waals surface area contributed by atoms with Gasteiger partial charge in [-0.1, -0.05) is 11.2 Å². The average Bonchev–Trinajstić information content (AvgIpc) is 3.17. The van der Waals surface area contributed by atoms with Crippen molar-refractivity contribution in [2.24, 2.45) is 5.92 Å². The lowest BCUT2D eigenvalue weighted by Crippen LogP contribution is -2.34. The third-order valence-electron chi connectivity index (χ3n) is 3.34. The molecule has 20 heavy (non-hydrogen) atoms. The van der Waals surface area contributed by atoms with Crippen molar-refractivity contribution < 1.29 is 14.4 Å². The van der Waals surface area contributed by atoms with E-state index in [1.807, 2.05) is 17.5 Å². The Labute approximate surface area is 119 Å². The summed E-state index contributed by atoms with van der Waals surface area (Å²) in [6.45, 7) is 1.71. The molecule has 0 radical (unpaired) electrons. The maximum atomic E-state index is 12.0. The minimum atomic E-state index is -0.408. The fourth-order valence-corrected chi connectivity index (χ4v) is 2.83. The summed E-state index contributed by atoms with van der Waals surface area (Å²) in [5, 5.41) is 21.2. The van der Waals surface area contributed by atoms with Crippen LogP contribution in [0.25, 0.3) is 10.6 Å². The summed E-state index contributed by atoms with van der Waals surface area (Å²) < 4.78 is 5.16. The third-order valence-corrected chi connectivity index (χ3v) is 4.22. The molecule has 2 aromatic heterocycles. The second-order valence-corrected chi connectivity index (χ2v) is 5.70. The molecular weight excluding hydrogens is 278 g/mol. The van der Waals surface area contributed by atoms with E-state index in [0.29, 0.717) is 25.4 Å². The van der Waals surface area contributed by atoms with Crippen LogP contribution in [0.1, 0.15) is 10.5 Å². The van der Waals surface area contributed by atoms with Gasteiger partial charge < -0.3 is 20.3 Å². The first kappa shape index (κ1) is 13.3. The van der Waals surface area contributed by atoms with Crippen molar-refractivity contribution in [3.05, 3.63) is 29.3 Å². The van der Waals surface area contributed by atoms with Crippen molar-refractivity contribution >= 4 is 17.2 Å². The molecule has 1 aliphatic rings. The van der Waals surface area contributed by atoms with Crippen molar-refractivity contribution in [3.63, 3.8) is 0 Å². The zero-order valence-corrected chi connectivity index (χ0v) is 11.5. The second kappa shape index (κ2) is 5.74. The Morgan fingerprint density at radius 2 is 2.50 bits per heavy atom. The summed E-state index contributed by atoms with van der Waals surface area (Å²) in [6, 6.07) is 5.45. The van der Waals surface area contributed by atoms with Crippen molar-refractivity contribution in [1.82, 2.24) is 15.8 Å². The summed E-state index contributed by atoms with van der Waals surface area (Å²) in [7, 11) is 0. The van der Waals surface area contributed by atoms with Gasteiger partial charge in [-0.25, -0.2) is 0 Å². The van der Waals surface area contributed by atoms with Gasteiger partial charge in [0, 0.05) is 31.6 Å². The normalized spacial score (nSPS) is 22.1. The highest BCUT2D eigenvalue weighted by Gasteiger charge is 2.25. The summed E-state index contributed by atoms with van der Waals surface area (Å²) in [4.78, 5) is 12.9. The van der Waals surface area contributed by atoms with Gasteiger partial charge in [0.05, 0.1) is 11.0 Å². The van der Waals surface area contributed by atoms with Crippen LogP contribution in [0.3, 0.4) is 0 Å². The van der Waals surface area contributed by atoms with E-state index < -0.39 is 6.10 Å². The number of hydrogen-bond acceptors (Lipinski definition) is 6. The fraction of sp³-hybridized carbons (Fsp3) is 0.385. The topological polar surface area (TPSA) is 87.4 Å². The van der Waals surface area contributed by atoms with Gasteiger partial charge in [0.2, 0.25) is 0 Å². The molecule has 0 saturated carbocycles. The molecule has 3 N–H and O–H groups in total. The molecule has 1 aliphatic heterocycles. The van der Waals surface area contributed by atoms with Crippen LogP contribution < -0.4 is 10.6 Å². The number of nitrogens with one attached hydrogen (secondary N) is 2. The molecule has 0 bridgehead atoms. The Balaban J connectivity index is 1.60. The maximum absolute atomic E-state index is 12.0. The average molecular weight is 293 g/mol. The van der Waals surface area contributed by atoms with Crippen molar-refractivity contribution in [1.29, 1.82) is 0 Å². The highest BCUT2D eigenvalue weighted by atomic mass is 32.1. The highest BCUT2D eigenvalue weighted by molar-refractivity contribution is 7.13. The van der Waals surface area contributed by atoms with E-state index in [1.165, 1.54) is 11.3 Å². The van der Waals surface area contributed by atoms with Crippen molar-refractivity contribution in [2.75, 3.05) is 19.6 Å². The molecular formula is C13H15N3O3S. The number of aliphatic hydroxyl groups excluding tert-OH is 1. The largest absolute Gasteiger partial charge is 0.391 e. The Morgan fingerprint density at radius 1 is 1.60 bits per heavy atom. The molecule has 0 spiro atoms. The molecule has 1 fully saturated rings. The standard InChI is InChI=1S/C13H15N3O3S/c17-10-7-14-5-8(10)6-15-13(18)9-4-11(19-16-9)12-2-1-3-20-12/h1-4,8,10,14,17H,5-7H2,(H,15,18). The minimum absolute atomic E-state index is 0.0441. The first-order valence-electron chi connectivity index (χ1n) is 6.41. The van der Waals surface area contributed by atoms with E-state index in [9.17, 15) is 9.90 Å². The van der Waals surface area contributed by atoms with E-state index in [-0.39, 0.29) is 17.5 Å². The number of aliphatic hydroxyl groups is 1. The number of nitrogens with zero attached hydrogens (tertiary/aromatic N) is 1. The Morgan fingerprint density at radius 3 is 3.20 bits per heavy atom. The number of thiophene rings is 1. The van der Waals surface area contributed by atoms with Crippen LogP contribution >= 0.6 is 11.3 Å². The second-order valence-electron chi connectivity index (χ2n) is 4.75. The lowest BCUT2D eigenvalue weighted by atomic mass is 10.1. The predicted molar refractivity (Wildman–Crippen MR) is 74.5 cm³/mol. The molecule has 2 aromatic rings. The van der Waals surface area contributed by atoms with E-state index in [0.717, 1.165) is 4.88 Å². The zero-order valence-electron chi connectivity index (χ0n) is 10.7. The first-order valence-corrected chi connectivity index (χ1v) is 7.29. The molecule has 106 valence electrons. The third kappa shape index (κ3) is 2.74. The molecule has 6 nitrogen and oxygen atoms in total. The summed E-state index contributed by atoms with van der Waals surface area (Å²) in [5.74, 6) is 0.353. The first-order chi connectivity index (χ1) is 9.74. The number of carbonyl (C=O) groups excluding carboxylic acids is 1. The minimum Gasteiger partial charge on any atom is -0.391 e. The van der Waals surface area contributed by atoms with E-state index in [1.54, 1.807) is 6.07 Å². The Bertz CT molecular complexity index is 581. The monoisotopic (exact) mass is 293 g/mol. The molecule has 0 aliphatic carbocycles. The molecule has 7 heteroatoms. The van der Waals surface area contributed by atoms with Gasteiger partial charge >= 0.3 is 0 Å². The Kier molecular flexibility index (Phi) is 3.81. The number of rotatable bonds is 4. The molecule has 1 saturated heterocycles. The lowest BCUT2D eigenvalue weighted by Gasteiger charge is -2.13. The van der Waals surface area contributed by atoms with Gasteiger partial charge in [0.15, 0.2) is 11.5 Å². The quantitative estimate of drug-likeness (QED) is 0.773. The lowest BCUT2D eigenvalue weighted by molar-refractivity contribution is 0.0918. The smallest absolute Gasteiger partial charge is 0.273 e. The number of aromatic nitrogens is 1. The van der Waals surface area contributed by atoms with Gasteiger partial charge in [-0.2, -0.15) is 0 Å². The van der Waals surface area contributed by atoms with Crippen LogP contribution in [0.15, 0.2) is 28.1 Å². The Hall–Kier alpha value is -1.70. The van der Waals surface area contributed by atoms with E-state index in [2.05, 4.69) is 15.8 Å². The molecule has 1 amide bonds. The van der Waals surface area contributed by atoms with Crippen LogP contribution in [0, 0.1) is 5.92 Å². The van der Waals surface area contributed by atoms with Gasteiger partial charge in [-0.05, 0) is 11.4 Å². The molecule has 3 rings (SSSR count).